The van der Waals surface area contributed by atoms with E-state index in [0.29, 0.717) is 0 Å². The van der Waals surface area contributed by atoms with Crippen molar-refractivity contribution in [1.29, 1.82) is 5.26 Å². The molecule has 1 aromatic carbocycles. The quantitative estimate of drug-likeness (QED) is 0.606. The SMILES string of the molecule is Cc1cc(C)c2c(c1)C(C#N)=CCC2. The molecule has 0 bridgehead atoms. The fraction of sp³-hybridized carbons (Fsp3) is 0.308. The molecular weight excluding hydrogens is 170 g/mol. The molecule has 1 aliphatic rings. The highest BCUT2D eigenvalue weighted by atomic mass is 14.3. The Morgan fingerprint density at radius 2 is 2.07 bits per heavy atom. The number of fused-ring (bicyclic) bond motifs is 1. The summed E-state index contributed by atoms with van der Waals surface area (Å²) in [5, 5.41) is 9.00. The predicted octanol–water partition coefficient (Wildman–Crippen LogP) is 3.16. The summed E-state index contributed by atoms with van der Waals surface area (Å²) in [5.41, 5.74) is 5.91. The number of nitriles is 1. The van der Waals surface area contributed by atoms with Crippen molar-refractivity contribution in [3.05, 3.63) is 40.5 Å². The van der Waals surface area contributed by atoms with Gasteiger partial charge in [0.05, 0.1) is 11.6 Å². The van der Waals surface area contributed by atoms with Gasteiger partial charge < -0.3 is 0 Å². The van der Waals surface area contributed by atoms with Crippen LogP contribution in [0.4, 0.5) is 0 Å². The zero-order valence-electron chi connectivity index (χ0n) is 8.59. The number of hydrogen-bond donors (Lipinski definition) is 0. The van der Waals surface area contributed by atoms with Gasteiger partial charge in [-0.1, -0.05) is 23.8 Å². The second kappa shape index (κ2) is 3.31. The number of hydrogen-bond acceptors (Lipinski definition) is 1. The van der Waals surface area contributed by atoms with Gasteiger partial charge in [0.25, 0.3) is 0 Å². The lowest BCUT2D eigenvalue weighted by atomic mass is 9.87. The maximum absolute atomic E-state index is 9.00. The second-order valence-corrected chi connectivity index (χ2v) is 3.88. The van der Waals surface area contributed by atoms with Crippen LogP contribution in [-0.4, -0.2) is 0 Å². The Morgan fingerprint density at radius 3 is 2.79 bits per heavy atom. The predicted molar refractivity (Wildman–Crippen MR) is 57.8 cm³/mol. The molecule has 14 heavy (non-hydrogen) atoms. The summed E-state index contributed by atoms with van der Waals surface area (Å²) in [5.74, 6) is 0. The average molecular weight is 183 g/mol. The maximum Gasteiger partial charge on any atom is 0.0994 e. The lowest BCUT2D eigenvalue weighted by Crippen LogP contribution is -2.02. The summed E-state index contributed by atoms with van der Waals surface area (Å²) in [6, 6.07) is 6.59. The van der Waals surface area contributed by atoms with Crippen LogP contribution in [0.15, 0.2) is 18.2 Å². The largest absolute Gasteiger partial charge is 0.192 e. The highest BCUT2D eigenvalue weighted by molar-refractivity contribution is 5.80. The van der Waals surface area contributed by atoms with E-state index in [4.69, 9.17) is 5.26 Å². The smallest absolute Gasteiger partial charge is 0.0994 e. The summed E-state index contributed by atoms with van der Waals surface area (Å²) in [4.78, 5) is 0. The molecular formula is C13H13N. The van der Waals surface area contributed by atoms with Crippen LogP contribution in [0.25, 0.3) is 5.57 Å². The molecule has 0 fully saturated rings. The van der Waals surface area contributed by atoms with E-state index in [2.05, 4.69) is 32.0 Å². The summed E-state index contributed by atoms with van der Waals surface area (Å²) < 4.78 is 0. The molecule has 0 unspecified atom stereocenters. The van der Waals surface area contributed by atoms with E-state index < -0.39 is 0 Å². The van der Waals surface area contributed by atoms with Gasteiger partial charge in [0.1, 0.15) is 0 Å². The molecule has 1 heteroatoms. The Kier molecular flexibility index (Phi) is 2.13. The third kappa shape index (κ3) is 1.33. The number of benzene rings is 1. The van der Waals surface area contributed by atoms with Gasteiger partial charge in [0.15, 0.2) is 0 Å². The molecule has 0 radical (unpaired) electrons. The van der Waals surface area contributed by atoms with Gasteiger partial charge in [-0.25, -0.2) is 0 Å². The second-order valence-electron chi connectivity index (χ2n) is 3.88. The summed E-state index contributed by atoms with van der Waals surface area (Å²) in [7, 11) is 0. The summed E-state index contributed by atoms with van der Waals surface area (Å²) >= 11 is 0. The Balaban J connectivity index is 2.67. The van der Waals surface area contributed by atoms with Crippen molar-refractivity contribution in [3.63, 3.8) is 0 Å². The molecule has 0 N–H and O–H groups in total. The molecule has 0 saturated heterocycles. The molecule has 0 saturated carbocycles. The number of allylic oxidation sites excluding steroid dienone is 2. The van der Waals surface area contributed by atoms with E-state index in [1.807, 2.05) is 6.08 Å². The van der Waals surface area contributed by atoms with Crippen LogP contribution in [0.5, 0.6) is 0 Å². The first-order valence-electron chi connectivity index (χ1n) is 4.93. The Morgan fingerprint density at radius 1 is 1.29 bits per heavy atom. The summed E-state index contributed by atoms with van der Waals surface area (Å²) in [6.07, 6.45) is 4.12. The third-order valence-electron chi connectivity index (χ3n) is 2.77. The van der Waals surface area contributed by atoms with Crippen LogP contribution >= 0.6 is 0 Å². The molecule has 0 aliphatic heterocycles. The molecule has 1 nitrogen and oxygen atoms in total. The first-order valence-corrected chi connectivity index (χ1v) is 4.93. The molecule has 0 heterocycles. The first kappa shape index (κ1) is 9.02. The molecule has 2 rings (SSSR count). The lowest BCUT2D eigenvalue weighted by molar-refractivity contribution is 0.963. The monoisotopic (exact) mass is 183 g/mol. The highest BCUT2D eigenvalue weighted by Gasteiger charge is 2.14. The number of nitrogens with zero attached hydrogens (tertiary/aromatic N) is 1. The zero-order chi connectivity index (χ0) is 10.1. The van der Waals surface area contributed by atoms with Crippen molar-refractivity contribution < 1.29 is 0 Å². The standard InChI is InChI=1S/C13H13N/c1-9-6-10(2)12-5-3-4-11(8-14)13(12)7-9/h4,6-7H,3,5H2,1-2H3. The maximum atomic E-state index is 9.00. The Labute approximate surface area is 84.7 Å². The van der Waals surface area contributed by atoms with E-state index in [-0.39, 0.29) is 0 Å². The number of aryl methyl sites for hydroxylation is 2. The lowest BCUT2D eigenvalue weighted by Gasteiger charge is -2.16. The van der Waals surface area contributed by atoms with Crippen LogP contribution in [-0.2, 0) is 6.42 Å². The summed E-state index contributed by atoms with van der Waals surface area (Å²) in [6.45, 7) is 4.21. The Bertz CT molecular complexity index is 447. The van der Waals surface area contributed by atoms with E-state index >= 15 is 0 Å². The van der Waals surface area contributed by atoms with Crippen molar-refractivity contribution in [2.24, 2.45) is 0 Å². The van der Waals surface area contributed by atoms with Crippen molar-refractivity contribution in [1.82, 2.24) is 0 Å². The van der Waals surface area contributed by atoms with E-state index in [0.717, 1.165) is 24.0 Å². The third-order valence-corrected chi connectivity index (χ3v) is 2.77. The van der Waals surface area contributed by atoms with Gasteiger partial charge in [-0.05, 0) is 43.4 Å². The highest BCUT2D eigenvalue weighted by Crippen LogP contribution is 2.29. The van der Waals surface area contributed by atoms with Crippen LogP contribution < -0.4 is 0 Å². The van der Waals surface area contributed by atoms with Gasteiger partial charge in [-0.2, -0.15) is 5.26 Å². The van der Waals surface area contributed by atoms with Gasteiger partial charge in [0.2, 0.25) is 0 Å². The minimum Gasteiger partial charge on any atom is -0.192 e. The van der Waals surface area contributed by atoms with Gasteiger partial charge >= 0.3 is 0 Å². The minimum absolute atomic E-state index is 0.845. The van der Waals surface area contributed by atoms with Gasteiger partial charge in [-0.3, -0.25) is 0 Å². The molecule has 0 aromatic heterocycles. The van der Waals surface area contributed by atoms with E-state index in [9.17, 15) is 0 Å². The van der Waals surface area contributed by atoms with Gasteiger partial charge in [0, 0.05) is 0 Å². The zero-order valence-corrected chi connectivity index (χ0v) is 8.59. The van der Waals surface area contributed by atoms with Gasteiger partial charge in [-0.15, -0.1) is 0 Å². The molecule has 1 aliphatic carbocycles. The number of rotatable bonds is 0. The van der Waals surface area contributed by atoms with Crippen molar-refractivity contribution >= 4 is 5.57 Å². The van der Waals surface area contributed by atoms with Crippen LogP contribution in [0.2, 0.25) is 0 Å². The van der Waals surface area contributed by atoms with Crippen LogP contribution in [0.1, 0.15) is 28.7 Å². The van der Waals surface area contributed by atoms with Crippen molar-refractivity contribution in [3.8, 4) is 6.07 Å². The fourth-order valence-corrected chi connectivity index (χ4v) is 2.15. The Hall–Kier alpha value is -1.55. The topological polar surface area (TPSA) is 23.8 Å². The van der Waals surface area contributed by atoms with Crippen LogP contribution in [0, 0.1) is 25.2 Å². The van der Waals surface area contributed by atoms with E-state index in [1.54, 1.807) is 0 Å². The van der Waals surface area contributed by atoms with Crippen molar-refractivity contribution in [2.45, 2.75) is 26.7 Å². The first-order chi connectivity index (χ1) is 6.72. The van der Waals surface area contributed by atoms with E-state index in [1.165, 1.54) is 16.7 Å². The minimum atomic E-state index is 0.845. The molecule has 0 atom stereocenters. The fourth-order valence-electron chi connectivity index (χ4n) is 2.15. The molecule has 0 amide bonds. The average Bonchev–Trinajstić information content (AvgIpc) is 2.17. The normalized spacial score (nSPS) is 14.2. The van der Waals surface area contributed by atoms with Crippen molar-refractivity contribution in [2.75, 3.05) is 0 Å². The molecule has 70 valence electrons. The molecule has 1 aromatic rings. The molecule has 0 spiro atoms. The van der Waals surface area contributed by atoms with Crippen LogP contribution in [0.3, 0.4) is 0 Å².